The van der Waals surface area contributed by atoms with Crippen molar-refractivity contribution in [3.8, 4) is 11.8 Å². The zero-order valence-corrected chi connectivity index (χ0v) is 16.3. The lowest BCUT2D eigenvalue weighted by Gasteiger charge is -2.29. The summed E-state index contributed by atoms with van der Waals surface area (Å²) in [7, 11) is 1.63. The van der Waals surface area contributed by atoms with Gasteiger partial charge in [-0.3, -0.25) is 0 Å². The van der Waals surface area contributed by atoms with Gasteiger partial charge in [-0.1, -0.05) is 6.07 Å². The first-order chi connectivity index (χ1) is 13.7. The molecule has 0 unspecified atom stereocenters. The van der Waals surface area contributed by atoms with Crippen molar-refractivity contribution in [3.05, 3.63) is 53.3 Å². The molecule has 0 spiro atoms. The van der Waals surface area contributed by atoms with Crippen LogP contribution in [0.4, 0.5) is 5.69 Å². The van der Waals surface area contributed by atoms with E-state index in [1.807, 2.05) is 24.3 Å². The van der Waals surface area contributed by atoms with Crippen LogP contribution in [0.15, 0.2) is 36.4 Å². The van der Waals surface area contributed by atoms with Crippen molar-refractivity contribution in [2.24, 2.45) is 0 Å². The van der Waals surface area contributed by atoms with Crippen LogP contribution in [-0.4, -0.2) is 30.2 Å². The molecule has 3 aromatic rings. The number of hydrogen-bond acceptors (Lipinski definition) is 4. The van der Waals surface area contributed by atoms with Crippen LogP contribution in [0.3, 0.4) is 0 Å². The molecule has 2 heterocycles. The number of benzene rings is 2. The summed E-state index contributed by atoms with van der Waals surface area (Å²) in [5.74, 6) is 1.33. The van der Waals surface area contributed by atoms with Crippen molar-refractivity contribution in [2.45, 2.75) is 26.2 Å². The Bertz CT molecular complexity index is 1070. The predicted molar refractivity (Wildman–Crippen MR) is 113 cm³/mol. The van der Waals surface area contributed by atoms with Crippen LogP contribution in [0, 0.1) is 18.3 Å². The summed E-state index contributed by atoms with van der Waals surface area (Å²) in [5.41, 5.74) is 5.65. The van der Waals surface area contributed by atoms with Gasteiger partial charge >= 0.3 is 0 Å². The molecule has 1 aliphatic rings. The molecule has 0 bridgehead atoms. The Morgan fingerprint density at radius 2 is 2.00 bits per heavy atom. The molecule has 1 N–H and O–H groups in total. The van der Waals surface area contributed by atoms with Gasteiger partial charge in [-0.15, -0.1) is 0 Å². The fraction of sp³-hybridized carbons (Fsp3) is 0.304. The molecular weight excluding hydrogens is 348 g/mol. The van der Waals surface area contributed by atoms with Gasteiger partial charge in [0.1, 0.15) is 17.6 Å². The monoisotopic (exact) mass is 372 g/mol. The zero-order valence-electron chi connectivity index (χ0n) is 16.3. The number of H-pyrrole nitrogens is 1. The highest BCUT2D eigenvalue weighted by molar-refractivity contribution is 5.91. The highest BCUT2D eigenvalue weighted by Crippen LogP contribution is 2.26. The van der Waals surface area contributed by atoms with Gasteiger partial charge in [-0.2, -0.15) is 5.26 Å². The maximum atomic E-state index is 9.70. The van der Waals surface area contributed by atoms with Gasteiger partial charge in [0.25, 0.3) is 0 Å². The van der Waals surface area contributed by atoms with E-state index in [0.717, 1.165) is 41.0 Å². The summed E-state index contributed by atoms with van der Waals surface area (Å²) in [6.45, 7) is 4.35. The largest absolute Gasteiger partial charge is 0.497 e. The fourth-order valence-electron chi connectivity index (χ4n) is 3.72. The van der Waals surface area contributed by atoms with Gasteiger partial charge in [-0.05, 0) is 67.7 Å². The van der Waals surface area contributed by atoms with Crippen molar-refractivity contribution in [1.29, 1.82) is 5.26 Å². The lowest BCUT2D eigenvalue weighted by Crippen LogP contribution is -2.29. The molecule has 2 aromatic carbocycles. The number of imidazole rings is 1. The van der Waals surface area contributed by atoms with Gasteiger partial charge < -0.3 is 14.6 Å². The average Bonchev–Trinajstić information content (AvgIpc) is 3.16. The number of aromatic amines is 1. The third kappa shape index (κ3) is 3.59. The van der Waals surface area contributed by atoms with E-state index >= 15 is 0 Å². The van der Waals surface area contributed by atoms with Crippen LogP contribution in [0.1, 0.15) is 36.2 Å². The molecule has 1 fully saturated rings. The summed E-state index contributed by atoms with van der Waals surface area (Å²) < 4.78 is 5.26. The molecule has 0 saturated carbocycles. The Balaban J connectivity index is 1.65. The summed E-state index contributed by atoms with van der Waals surface area (Å²) in [6.07, 6.45) is 5.75. The minimum Gasteiger partial charge on any atom is -0.497 e. The number of ether oxygens (including phenoxy) is 1. The number of nitrogens with one attached hydrogen (secondary N) is 1. The molecular formula is C23H24N4O. The molecule has 1 aliphatic heterocycles. The third-order valence-electron chi connectivity index (χ3n) is 5.34. The molecule has 0 amide bonds. The SMILES string of the molecule is COc1ccc2nc(C(C#N)=Cc3ccc(N4CCCCC4)cc3C)[nH]c2c1. The number of fused-ring (bicyclic) bond motifs is 1. The van der Waals surface area contributed by atoms with Crippen LogP contribution in [0.25, 0.3) is 22.7 Å². The van der Waals surface area contributed by atoms with Crippen LogP contribution in [0.5, 0.6) is 5.75 Å². The Kier molecular flexibility index (Phi) is 5.03. The number of hydrogen-bond donors (Lipinski definition) is 1. The fourth-order valence-corrected chi connectivity index (χ4v) is 3.72. The number of aryl methyl sites for hydroxylation is 1. The first kappa shape index (κ1) is 18.1. The number of allylic oxidation sites excluding steroid dienone is 1. The standard InChI is InChI=1S/C23H24N4O/c1-16-12-19(27-10-4-3-5-11-27)7-6-17(16)13-18(15-24)23-25-21-9-8-20(28-2)14-22(21)26-23/h6-9,12-14H,3-5,10-11H2,1-2H3,(H,25,26). The Hall–Kier alpha value is -3.26. The highest BCUT2D eigenvalue weighted by atomic mass is 16.5. The van der Waals surface area contributed by atoms with Crippen molar-refractivity contribution in [3.63, 3.8) is 0 Å². The van der Waals surface area contributed by atoms with Crippen LogP contribution in [0.2, 0.25) is 0 Å². The molecule has 1 saturated heterocycles. The third-order valence-corrected chi connectivity index (χ3v) is 5.34. The molecule has 28 heavy (non-hydrogen) atoms. The number of anilines is 1. The molecule has 4 rings (SSSR count). The number of aromatic nitrogens is 2. The minimum atomic E-state index is 0.518. The molecule has 5 nitrogen and oxygen atoms in total. The van der Waals surface area contributed by atoms with Gasteiger partial charge in [0.2, 0.25) is 0 Å². The van der Waals surface area contributed by atoms with Gasteiger partial charge in [-0.25, -0.2) is 4.98 Å². The topological polar surface area (TPSA) is 64.9 Å². The summed E-state index contributed by atoms with van der Waals surface area (Å²) in [5, 5.41) is 9.70. The van der Waals surface area contributed by atoms with Crippen LogP contribution < -0.4 is 9.64 Å². The van der Waals surface area contributed by atoms with E-state index in [0.29, 0.717) is 11.4 Å². The number of nitrogens with zero attached hydrogens (tertiary/aromatic N) is 3. The lowest BCUT2D eigenvalue weighted by atomic mass is 10.0. The normalized spacial score (nSPS) is 14.9. The van der Waals surface area contributed by atoms with Crippen molar-refractivity contribution in [2.75, 3.05) is 25.1 Å². The minimum absolute atomic E-state index is 0.518. The van der Waals surface area contributed by atoms with Gasteiger partial charge in [0.05, 0.1) is 23.7 Å². The van der Waals surface area contributed by atoms with Crippen molar-refractivity contribution in [1.82, 2.24) is 9.97 Å². The number of methoxy groups -OCH3 is 1. The predicted octanol–water partition coefficient (Wildman–Crippen LogP) is 4.93. The maximum absolute atomic E-state index is 9.70. The van der Waals surface area contributed by atoms with Gasteiger partial charge in [0, 0.05) is 24.8 Å². The second-order valence-electron chi connectivity index (χ2n) is 7.23. The zero-order chi connectivity index (χ0) is 19.5. The van der Waals surface area contributed by atoms with Crippen LogP contribution in [-0.2, 0) is 0 Å². The van der Waals surface area contributed by atoms with Crippen molar-refractivity contribution < 1.29 is 4.74 Å². The summed E-state index contributed by atoms with van der Waals surface area (Å²) in [4.78, 5) is 10.2. The maximum Gasteiger partial charge on any atom is 0.149 e. The van der Waals surface area contributed by atoms with E-state index < -0.39 is 0 Å². The average molecular weight is 372 g/mol. The van der Waals surface area contributed by atoms with Crippen LogP contribution >= 0.6 is 0 Å². The quantitative estimate of drug-likeness (QED) is 0.659. The highest BCUT2D eigenvalue weighted by Gasteiger charge is 2.13. The lowest BCUT2D eigenvalue weighted by molar-refractivity contribution is 0.415. The first-order valence-corrected chi connectivity index (χ1v) is 9.69. The van der Waals surface area contributed by atoms with E-state index in [1.54, 1.807) is 7.11 Å². The van der Waals surface area contributed by atoms with E-state index in [-0.39, 0.29) is 0 Å². The molecule has 1 aromatic heterocycles. The van der Waals surface area contributed by atoms with E-state index in [9.17, 15) is 5.26 Å². The smallest absolute Gasteiger partial charge is 0.149 e. The first-order valence-electron chi connectivity index (χ1n) is 9.69. The van der Waals surface area contributed by atoms with E-state index in [4.69, 9.17) is 4.74 Å². The number of nitriles is 1. The van der Waals surface area contributed by atoms with E-state index in [1.165, 1.54) is 24.9 Å². The molecule has 142 valence electrons. The second kappa shape index (κ2) is 7.77. The Morgan fingerprint density at radius 1 is 1.18 bits per heavy atom. The molecule has 0 atom stereocenters. The number of piperidine rings is 1. The van der Waals surface area contributed by atoms with E-state index in [2.05, 4.69) is 46.1 Å². The summed E-state index contributed by atoms with van der Waals surface area (Å²) in [6, 6.07) is 14.4. The molecule has 5 heteroatoms. The molecule has 0 radical (unpaired) electrons. The van der Waals surface area contributed by atoms with Crippen molar-refractivity contribution >= 4 is 28.4 Å². The molecule has 0 aliphatic carbocycles. The number of rotatable bonds is 4. The Labute approximate surface area is 165 Å². The Morgan fingerprint density at radius 3 is 2.71 bits per heavy atom. The van der Waals surface area contributed by atoms with Gasteiger partial charge in [0.15, 0.2) is 0 Å². The second-order valence-corrected chi connectivity index (χ2v) is 7.23. The summed E-state index contributed by atoms with van der Waals surface area (Å²) >= 11 is 0.